The fraction of sp³-hybridized carbons (Fsp3) is 0.545. The second-order valence-corrected chi connectivity index (χ2v) is 4.98. The molecule has 82 valence electrons. The van der Waals surface area contributed by atoms with E-state index in [9.17, 15) is 4.79 Å². The van der Waals surface area contributed by atoms with Gasteiger partial charge in [-0.05, 0) is 47.7 Å². The zero-order valence-electron chi connectivity index (χ0n) is 8.70. The average Bonchev–Trinajstić information content (AvgIpc) is 2.97. The summed E-state index contributed by atoms with van der Waals surface area (Å²) in [6.45, 7) is 2.94. The van der Waals surface area contributed by atoms with E-state index in [1.807, 2.05) is 13.0 Å². The van der Waals surface area contributed by atoms with E-state index in [2.05, 4.69) is 15.9 Å². The normalized spacial score (nSPS) is 15.6. The van der Waals surface area contributed by atoms with Gasteiger partial charge in [-0.25, -0.2) is 0 Å². The molecule has 1 aliphatic carbocycles. The van der Waals surface area contributed by atoms with Gasteiger partial charge in [0.05, 0.1) is 6.61 Å². The predicted octanol–water partition coefficient (Wildman–Crippen LogP) is 2.30. The molecule has 0 amide bonds. The monoisotopic (exact) mass is 271 g/mol. The molecule has 0 bridgehead atoms. The summed E-state index contributed by atoms with van der Waals surface area (Å²) in [4.78, 5) is 11.7. The molecular weight excluding hydrogens is 258 g/mol. The van der Waals surface area contributed by atoms with Gasteiger partial charge in [0.25, 0.3) is 5.56 Å². The third kappa shape index (κ3) is 2.92. The van der Waals surface area contributed by atoms with E-state index >= 15 is 0 Å². The Morgan fingerprint density at radius 3 is 3.00 bits per heavy atom. The summed E-state index contributed by atoms with van der Waals surface area (Å²) in [5.41, 5.74) is 0.758. The molecule has 0 spiro atoms. The highest BCUT2D eigenvalue weighted by Gasteiger charge is 2.21. The topological polar surface area (TPSA) is 31.2 Å². The Balaban J connectivity index is 2.02. The van der Waals surface area contributed by atoms with Crippen LogP contribution < -0.4 is 5.56 Å². The number of pyridine rings is 1. The van der Waals surface area contributed by atoms with Gasteiger partial charge in [-0.2, -0.15) is 0 Å². The first-order chi connectivity index (χ1) is 7.16. The van der Waals surface area contributed by atoms with Crippen LogP contribution in [0.2, 0.25) is 0 Å². The number of rotatable bonds is 4. The fourth-order valence-corrected chi connectivity index (χ4v) is 2.03. The highest BCUT2D eigenvalue weighted by molar-refractivity contribution is 9.10. The molecular formula is C11H14BrNO2. The minimum Gasteiger partial charge on any atom is -0.360 e. The van der Waals surface area contributed by atoms with Crippen LogP contribution in [-0.2, 0) is 11.5 Å². The molecule has 0 atom stereocenters. The van der Waals surface area contributed by atoms with E-state index in [0.717, 1.165) is 22.6 Å². The quantitative estimate of drug-likeness (QED) is 0.842. The van der Waals surface area contributed by atoms with Crippen molar-refractivity contribution >= 4 is 15.9 Å². The zero-order chi connectivity index (χ0) is 10.8. The average molecular weight is 272 g/mol. The van der Waals surface area contributed by atoms with Gasteiger partial charge in [0, 0.05) is 16.2 Å². The Kier molecular flexibility index (Phi) is 3.26. The van der Waals surface area contributed by atoms with Crippen LogP contribution >= 0.6 is 15.9 Å². The third-order valence-electron chi connectivity index (χ3n) is 2.51. The van der Waals surface area contributed by atoms with Crippen molar-refractivity contribution in [1.82, 2.24) is 4.57 Å². The Labute approximate surface area is 97.2 Å². The maximum Gasteiger partial charge on any atom is 0.255 e. The maximum absolute atomic E-state index is 11.7. The molecule has 0 unspecified atom stereocenters. The molecule has 1 aliphatic rings. The van der Waals surface area contributed by atoms with E-state index in [-0.39, 0.29) is 5.56 Å². The van der Waals surface area contributed by atoms with Crippen LogP contribution in [-0.4, -0.2) is 11.2 Å². The number of ether oxygens (including phenoxy) is 1. The second-order valence-electron chi connectivity index (χ2n) is 4.06. The second kappa shape index (κ2) is 4.49. The predicted molar refractivity (Wildman–Crippen MR) is 61.8 cm³/mol. The molecule has 0 N–H and O–H groups in total. The van der Waals surface area contributed by atoms with Crippen LogP contribution in [0.25, 0.3) is 0 Å². The van der Waals surface area contributed by atoms with Crippen molar-refractivity contribution in [3.63, 3.8) is 0 Å². The van der Waals surface area contributed by atoms with Gasteiger partial charge >= 0.3 is 0 Å². The number of hydrogen-bond donors (Lipinski definition) is 0. The van der Waals surface area contributed by atoms with Crippen LogP contribution in [0.1, 0.15) is 18.4 Å². The first-order valence-electron chi connectivity index (χ1n) is 5.11. The molecule has 1 aromatic rings. The van der Waals surface area contributed by atoms with Gasteiger partial charge < -0.3 is 4.74 Å². The molecule has 0 aliphatic heterocycles. The Morgan fingerprint density at radius 2 is 2.33 bits per heavy atom. The lowest BCUT2D eigenvalue weighted by atomic mass is 10.3. The molecule has 3 nitrogen and oxygen atoms in total. The van der Waals surface area contributed by atoms with Crippen molar-refractivity contribution in [2.45, 2.75) is 26.5 Å². The lowest BCUT2D eigenvalue weighted by molar-refractivity contribution is 0.0665. The molecule has 1 fully saturated rings. The third-order valence-corrected chi connectivity index (χ3v) is 2.95. The van der Waals surface area contributed by atoms with E-state index in [0.29, 0.717) is 6.73 Å². The number of halogens is 1. The van der Waals surface area contributed by atoms with E-state index in [1.54, 1.807) is 10.8 Å². The van der Waals surface area contributed by atoms with Crippen molar-refractivity contribution in [3.05, 3.63) is 32.7 Å². The Bertz CT molecular complexity index is 410. The molecule has 15 heavy (non-hydrogen) atoms. The van der Waals surface area contributed by atoms with Crippen molar-refractivity contribution in [1.29, 1.82) is 0 Å². The SMILES string of the molecule is Cc1cc(Br)cn(COCC2CC2)c1=O. The molecule has 1 saturated carbocycles. The lowest BCUT2D eigenvalue weighted by Crippen LogP contribution is -2.23. The van der Waals surface area contributed by atoms with Crippen molar-refractivity contribution in [2.75, 3.05) is 6.61 Å². The summed E-state index contributed by atoms with van der Waals surface area (Å²) in [5, 5.41) is 0. The van der Waals surface area contributed by atoms with Crippen LogP contribution in [0, 0.1) is 12.8 Å². The molecule has 2 rings (SSSR count). The Morgan fingerprint density at radius 1 is 1.60 bits per heavy atom. The van der Waals surface area contributed by atoms with Gasteiger partial charge in [0.2, 0.25) is 0 Å². The smallest absolute Gasteiger partial charge is 0.255 e. The van der Waals surface area contributed by atoms with Gasteiger partial charge in [-0.1, -0.05) is 0 Å². The first-order valence-corrected chi connectivity index (χ1v) is 5.90. The van der Waals surface area contributed by atoms with Crippen LogP contribution in [0.5, 0.6) is 0 Å². The first kappa shape index (κ1) is 10.9. The van der Waals surface area contributed by atoms with Crippen molar-refractivity contribution in [3.8, 4) is 0 Å². The molecule has 0 saturated heterocycles. The highest BCUT2D eigenvalue weighted by atomic mass is 79.9. The number of hydrogen-bond acceptors (Lipinski definition) is 2. The van der Waals surface area contributed by atoms with E-state index in [4.69, 9.17) is 4.74 Å². The molecule has 1 heterocycles. The summed E-state index contributed by atoms with van der Waals surface area (Å²) in [7, 11) is 0. The van der Waals surface area contributed by atoms with Gasteiger partial charge in [-0.3, -0.25) is 9.36 Å². The van der Waals surface area contributed by atoms with Gasteiger partial charge in [-0.15, -0.1) is 0 Å². The van der Waals surface area contributed by atoms with Crippen molar-refractivity contribution < 1.29 is 4.74 Å². The minimum atomic E-state index is 0.0222. The van der Waals surface area contributed by atoms with Crippen molar-refractivity contribution in [2.24, 2.45) is 5.92 Å². The van der Waals surface area contributed by atoms with Crippen LogP contribution in [0.3, 0.4) is 0 Å². The van der Waals surface area contributed by atoms with Gasteiger partial charge in [0.1, 0.15) is 6.73 Å². The summed E-state index contributed by atoms with van der Waals surface area (Å²) >= 11 is 3.37. The minimum absolute atomic E-state index is 0.0222. The van der Waals surface area contributed by atoms with Gasteiger partial charge in [0.15, 0.2) is 0 Å². The van der Waals surface area contributed by atoms with Crippen LogP contribution in [0.15, 0.2) is 21.5 Å². The standard InChI is InChI=1S/C11H14BrNO2/c1-8-4-10(12)5-13(11(8)14)7-15-6-9-2-3-9/h4-5,9H,2-3,6-7H2,1H3. The van der Waals surface area contributed by atoms with E-state index < -0.39 is 0 Å². The highest BCUT2D eigenvalue weighted by Crippen LogP contribution is 2.28. The molecule has 0 aromatic carbocycles. The molecule has 0 radical (unpaired) electrons. The Hall–Kier alpha value is -0.610. The summed E-state index contributed by atoms with van der Waals surface area (Å²) in [5.74, 6) is 0.731. The summed E-state index contributed by atoms with van der Waals surface area (Å²) in [6.07, 6.45) is 4.31. The largest absolute Gasteiger partial charge is 0.360 e. The number of aryl methyl sites for hydroxylation is 1. The summed E-state index contributed by atoms with van der Waals surface area (Å²) in [6, 6.07) is 1.82. The molecule has 4 heteroatoms. The maximum atomic E-state index is 11.7. The summed E-state index contributed by atoms with van der Waals surface area (Å²) < 4.78 is 7.99. The number of aromatic nitrogens is 1. The lowest BCUT2D eigenvalue weighted by Gasteiger charge is -2.08. The fourth-order valence-electron chi connectivity index (χ4n) is 1.44. The molecule has 1 aromatic heterocycles. The van der Waals surface area contributed by atoms with Crippen LogP contribution in [0.4, 0.5) is 0 Å². The van der Waals surface area contributed by atoms with E-state index in [1.165, 1.54) is 12.8 Å². The number of nitrogens with zero attached hydrogens (tertiary/aromatic N) is 1. The zero-order valence-corrected chi connectivity index (χ0v) is 10.3.